The normalized spacial score (nSPS) is 20.0. The number of ketones is 1. The summed E-state index contributed by atoms with van der Waals surface area (Å²) in [5, 5.41) is 9.93. The summed E-state index contributed by atoms with van der Waals surface area (Å²) in [7, 11) is 1.55. The van der Waals surface area contributed by atoms with Crippen LogP contribution in [0.15, 0.2) is 18.2 Å². The van der Waals surface area contributed by atoms with Crippen LogP contribution in [0.25, 0.3) is 0 Å². The summed E-state index contributed by atoms with van der Waals surface area (Å²) in [6, 6.07) is 5.18. The van der Waals surface area contributed by atoms with Gasteiger partial charge in [0.1, 0.15) is 5.75 Å². The number of aliphatic hydroxyl groups excluding tert-OH is 1. The maximum absolute atomic E-state index is 12.4. The number of aliphatic hydroxyl groups is 1. The number of methoxy groups -OCH3 is 1. The third-order valence-corrected chi connectivity index (χ3v) is 4.33. The maximum atomic E-state index is 12.4. The quantitative estimate of drug-likeness (QED) is 0.850. The highest BCUT2D eigenvalue weighted by molar-refractivity contribution is 6.32. The number of hydrogen-bond donors (Lipinski definition) is 1. The van der Waals surface area contributed by atoms with Crippen LogP contribution in [0, 0.1) is 0 Å². The van der Waals surface area contributed by atoms with E-state index in [0.29, 0.717) is 22.9 Å². The molecule has 4 nitrogen and oxygen atoms in total. The average molecular weight is 312 g/mol. The molecular weight excluding hydrogens is 290 g/mol. The molecule has 0 spiro atoms. The molecule has 5 heteroatoms. The van der Waals surface area contributed by atoms with E-state index in [-0.39, 0.29) is 18.4 Å². The van der Waals surface area contributed by atoms with Gasteiger partial charge in [-0.25, -0.2) is 0 Å². The average Bonchev–Trinajstić information content (AvgIpc) is 2.72. The highest BCUT2D eigenvalue weighted by atomic mass is 35.5. The second-order valence-corrected chi connectivity index (χ2v) is 5.84. The molecule has 2 rings (SSSR count). The van der Waals surface area contributed by atoms with Gasteiger partial charge < -0.3 is 9.84 Å². The van der Waals surface area contributed by atoms with Gasteiger partial charge in [-0.1, -0.05) is 24.4 Å². The van der Waals surface area contributed by atoms with Gasteiger partial charge in [-0.05, 0) is 37.6 Å². The van der Waals surface area contributed by atoms with Gasteiger partial charge in [0, 0.05) is 11.6 Å². The summed E-state index contributed by atoms with van der Waals surface area (Å²) in [5.74, 6) is 0.594. The maximum Gasteiger partial charge on any atom is 0.176 e. The molecule has 1 heterocycles. The Balaban J connectivity index is 2.07. The molecule has 1 aliphatic rings. The fourth-order valence-corrected chi connectivity index (χ4v) is 3.02. The van der Waals surface area contributed by atoms with Crippen LogP contribution in [-0.2, 0) is 0 Å². The zero-order valence-corrected chi connectivity index (χ0v) is 13.1. The summed E-state index contributed by atoms with van der Waals surface area (Å²) in [6.07, 6.45) is 4.31. The second kappa shape index (κ2) is 7.78. The van der Waals surface area contributed by atoms with Crippen LogP contribution in [0.2, 0.25) is 5.02 Å². The minimum Gasteiger partial charge on any atom is -0.495 e. The van der Waals surface area contributed by atoms with E-state index in [9.17, 15) is 9.90 Å². The standard InChI is InChI=1S/C16H22ClNO3/c1-21-16-7-6-12(9-14(16)17)15(20)10-18-8-4-2-3-5-13(18)11-19/h6-7,9,13,19H,2-5,8,10-11H2,1H3. The number of benzene rings is 1. The van der Waals surface area contributed by atoms with Gasteiger partial charge in [0.05, 0.1) is 25.3 Å². The number of rotatable bonds is 5. The van der Waals surface area contributed by atoms with Gasteiger partial charge in [-0.15, -0.1) is 0 Å². The second-order valence-electron chi connectivity index (χ2n) is 5.43. The number of halogens is 1. The van der Waals surface area contributed by atoms with Gasteiger partial charge in [0.2, 0.25) is 0 Å². The molecular formula is C16H22ClNO3. The van der Waals surface area contributed by atoms with Gasteiger partial charge >= 0.3 is 0 Å². The molecule has 1 saturated heterocycles. The van der Waals surface area contributed by atoms with Crippen molar-refractivity contribution in [1.29, 1.82) is 0 Å². The van der Waals surface area contributed by atoms with Gasteiger partial charge in [-0.3, -0.25) is 9.69 Å². The molecule has 0 bridgehead atoms. The van der Waals surface area contributed by atoms with E-state index in [1.54, 1.807) is 25.3 Å². The number of Topliss-reactive ketones (excluding diaryl/α,β-unsaturated/α-hetero) is 1. The van der Waals surface area contributed by atoms with Crippen molar-refractivity contribution < 1.29 is 14.6 Å². The Morgan fingerprint density at radius 1 is 1.43 bits per heavy atom. The lowest BCUT2D eigenvalue weighted by Crippen LogP contribution is -2.40. The van der Waals surface area contributed by atoms with Crippen LogP contribution >= 0.6 is 11.6 Å². The van der Waals surface area contributed by atoms with Crippen molar-refractivity contribution in [3.63, 3.8) is 0 Å². The molecule has 0 aromatic heterocycles. The van der Waals surface area contributed by atoms with Gasteiger partial charge in [-0.2, -0.15) is 0 Å². The van der Waals surface area contributed by atoms with E-state index in [2.05, 4.69) is 4.90 Å². The van der Waals surface area contributed by atoms with Crippen LogP contribution < -0.4 is 4.74 Å². The van der Waals surface area contributed by atoms with E-state index in [1.807, 2.05) is 0 Å². The van der Waals surface area contributed by atoms with E-state index >= 15 is 0 Å². The Labute approximate surface area is 130 Å². The van der Waals surface area contributed by atoms with Crippen LogP contribution in [0.3, 0.4) is 0 Å². The molecule has 1 aliphatic heterocycles. The smallest absolute Gasteiger partial charge is 0.176 e. The summed E-state index contributed by atoms with van der Waals surface area (Å²) in [4.78, 5) is 14.5. The Morgan fingerprint density at radius 2 is 2.24 bits per heavy atom. The van der Waals surface area contributed by atoms with Crippen LogP contribution in [-0.4, -0.2) is 48.6 Å². The van der Waals surface area contributed by atoms with E-state index in [0.717, 1.165) is 32.2 Å². The van der Waals surface area contributed by atoms with Crippen LogP contribution in [0.5, 0.6) is 5.75 Å². The minimum absolute atomic E-state index is 0.0277. The minimum atomic E-state index is 0.0277. The van der Waals surface area contributed by atoms with Crippen LogP contribution in [0.1, 0.15) is 36.0 Å². The van der Waals surface area contributed by atoms with Crippen molar-refractivity contribution in [2.24, 2.45) is 0 Å². The first-order chi connectivity index (χ1) is 10.2. The predicted molar refractivity (Wildman–Crippen MR) is 83.2 cm³/mol. The lowest BCUT2D eigenvalue weighted by atomic mass is 10.1. The number of carbonyl (C=O) groups excluding carboxylic acids is 1. The topological polar surface area (TPSA) is 49.8 Å². The third-order valence-electron chi connectivity index (χ3n) is 4.03. The summed E-state index contributed by atoms with van der Waals surface area (Å²) in [5.41, 5.74) is 0.585. The van der Waals surface area contributed by atoms with E-state index in [4.69, 9.17) is 16.3 Å². The molecule has 116 valence electrons. The van der Waals surface area contributed by atoms with Crippen molar-refractivity contribution in [3.05, 3.63) is 28.8 Å². The first-order valence-electron chi connectivity index (χ1n) is 7.37. The first-order valence-corrected chi connectivity index (χ1v) is 7.75. The van der Waals surface area contributed by atoms with Gasteiger partial charge in [0.25, 0.3) is 0 Å². The Hall–Kier alpha value is -1.10. The number of likely N-dealkylation sites (tertiary alicyclic amines) is 1. The Kier molecular flexibility index (Phi) is 6.03. The highest BCUT2D eigenvalue weighted by Crippen LogP contribution is 2.25. The molecule has 0 radical (unpaired) electrons. The van der Waals surface area contributed by atoms with Crippen molar-refractivity contribution in [3.8, 4) is 5.75 Å². The SMILES string of the molecule is COc1ccc(C(=O)CN2CCCCCC2CO)cc1Cl. The fraction of sp³-hybridized carbons (Fsp3) is 0.562. The molecule has 0 amide bonds. The molecule has 0 saturated carbocycles. The van der Waals surface area contributed by atoms with Crippen molar-refractivity contribution in [1.82, 2.24) is 4.90 Å². The van der Waals surface area contributed by atoms with Crippen molar-refractivity contribution in [2.75, 3.05) is 26.8 Å². The molecule has 1 unspecified atom stereocenters. The number of ether oxygens (including phenoxy) is 1. The van der Waals surface area contributed by atoms with Crippen LogP contribution in [0.4, 0.5) is 0 Å². The Morgan fingerprint density at radius 3 is 2.90 bits per heavy atom. The van der Waals surface area contributed by atoms with Gasteiger partial charge in [0.15, 0.2) is 5.78 Å². The fourth-order valence-electron chi connectivity index (χ4n) is 2.77. The molecule has 1 atom stereocenters. The molecule has 1 aromatic rings. The molecule has 21 heavy (non-hydrogen) atoms. The Bertz CT molecular complexity index is 492. The number of nitrogens with zero attached hydrogens (tertiary/aromatic N) is 1. The molecule has 1 N–H and O–H groups in total. The lowest BCUT2D eigenvalue weighted by molar-refractivity contribution is 0.0826. The van der Waals surface area contributed by atoms with Crippen molar-refractivity contribution in [2.45, 2.75) is 31.7 Å². The lowest BCUT2D eigenvalue weighted by Gasteiger charge is -2.27. The summed E-state index contributed by atoms with van der Waals surface area (Å²) >= 11 is 6.07. The monoisotopic (exact) mass is 311 g/mol. The molecule has 0 aliphatic carbocycles. The molecule has 1 aromatic carbocycles. The predicted octanol–water partition coefficient (Wildman–Crippen LogP) is 2.77. The zero-order chi connectivity index (χ0) is 15.2. The third kappa shape index (κ3) is 4.19. The number of hydrogen-bond acceptors (Lipinski definition) is 4. The number of carbonyl (C=O) groups is 1. The van der Waals surface area contributed by atoms with E-state index in [1.165, 1.54) is 0 Å². The largest absolute Gasteiger partial charge is 0.495 e. The first kappa shape index (κ1) is 16.3. The summed E-state index contributed by atoms with van der Waals surface area (Å²) in [6.45, 7) is 1.30. The van der Waals surface area contributed by atoms with Crippen molar-refractivity contribution >= 4 is 17.4 Å². The highest BCUT2D eigenvalue weighted by Gasteiger charge is 2.23. The summed E-state index contributed by atoms with van der Waals surface area (Å²) < 4.78 is 5.09. The molecule has 1 fully saturated rings. The zero-order valence-electron chi connectivity index (χ0n) is 12.3. The van der Waals surface area contributed by atoms with E-state index < -0.39 is 0 Å².